The van der Waals surface area contributed by atoms with Gasteiger partial charge in [0.15, 0.2) is 6.04 Å². The second kappa shape index (κ2) is 7.65. The zero-order valence-corrected chi connectivity index (χ0v) is 15.2. The molecule has 1 fully saturated rings. The molecule has 0 radical (unpaired) electrons. The van der Waals surface area contributed by atoms with Gasteiger partial charge in [-0.1, -0.05) is 0 Å². The van der Waals surface area contributed by atoms with Crippen molar-refractivity contribution in [2.24, 2.45) is 10.7 Å². The molecule has 0 aromatic heterocycles. The van der Waals surface area contributed by atoms with Crippen LogP contribution in [0.5, 0.6) is 5.75 Å². The molecule has 0 saturated carbocycles. The third-order valence-corrected chi connectivity index (χ3v) is 4.48. The number of benzene rings is 1. The van der Waals surface area contributed by atoms with E-state index in [2.05, 4.69) is 10.3 Å². The quantitative estimate of drug-likeness (QED) is 0.412. The molecule has 1 saturated heterocycles. The number of guanidine groups is 1. The summed E-state index contributed by atoms with van der Waals surface area (Å²) < 4.78 is 10.6. The number of carbonyl (C=O) groups is 3. The summed E-state index contributed by atoms with van der Waals surface area (Å²) in [4.78, 5) is 40.4. The van der Waals surface area contributed by atoms with Crippen molar-refractivity contribution in [2.75, 3.05) is 13.2 Å². The fraction of sp³-hybridized carbons (Fsp3) is 0.444. The van der Waals surface area contributed by atoms with E-state index in [-0.39, 0.29) is 12.0 Å². The van der Waals surface area contributed by atoms with Crippen molar-refractivity contribution in [3.05, 3.63) is 23.8 Å². The second-order valence-corrected chi connectivity index (χ2v) is 6.43. The van der Waals surface area contributed by atoms with Gasteiger partial charge in [-0.15, -0.1) is 0 Å². The highest BCUT2D eigenvalue weighted by atomic mass is 16.5. The Morgan fingerprint density at radius 3 is 2.74 bits per heavy atom. The number of rotatable bonds is 7. The first-order valence-electron chi connectivity index (χ1n) is 8.76. The molecule has 0 aliphatic carbocycles. The molecule has 1 aromatic carbocycles. The van der Waals surface area contributed by atoms with Crippen LogP contribution in [0.3, 0.4) is 0 Å². The lowest BCUT2D eigenvalue weighted by Crippen LogP contribution is -2.47. The summed E-state index contributed by atoms with van der Waals surface area (Å²) >= 11 is 0. The normalized spacial score (nSPS) is 20.3. The first-order chi connectivity index (χ1) is 12.9. The average Bonchev–Trinajstić information content (AvgIpc) is 2.94. The molecule has 2 aliphatic heterocycles. The summed E-state index contributed by atoms with van der Waals surface area (Å²) in [6, 6.07) is 4.13. The lowest BCUT2D eigenvalue weighted by atomic mass is 10.0. The van der Waals surface area contributed by atoms with Crippen molar-refractivity contribution in [3.8, 4) is 5.75 Å². The maximum atomic E-state index is 12.0. The van der Waals surface area contributed by atoms with Gasteiger partial charge in [0.05, 0.1) is 24.9 Å². The van der Waals surface area contributed by atoms with Gasteiger partial charge in [0, 0.05) is 12.5 Å². The first kappa shape index (κ1) is 18.7. The van der Waals surface area contributed by atoms with Crippen molar-refractivity contribution >= 4 is 29.4 Å². The minimum absolute atomic E-state index is 0.267. The van der Waals surface area contributed by atoms with Crippen LogP contribution >= 0.6 is 0 Å². The van der Waals surface area contributed by atoms with E-state index >= 15 is 0 Å². The number of hydrogen-bond donors (Lipinski definition) is 2. The van der Waals surface area contributed by atoms with Crippen LogP contribution in [0.15, 0.2) is 23.2 Å². The summed E-state index contributed by atoms with van der Waals surface area (Å²) in [5.41, 5.74) is 6.93. The topological polar surface area (TPSA) is 123 Å². The molecule has 9 nitrogen and oxygen atoms in total. The number of ether oxygens (including phenoxy) is 2. The van der Waals surface area contributed by atoms with Gasteiger partial charge >= 0.3 is 5.97 Å². The predicted molar refractivity (Wildman–Crippen MR) is 96.3 cm³/mol. The van der Waals surface area contributed by atoms with E-state index in [1.807, 2.05) is 19.1 Å². The Balaban J connectivity index is 1.67. The fourth-order valence-electron chi connectivity index (χ4n) is 3.18. The molecule has 144 valence electrons. The van der Waals surface area contributed by atoms with Crippen LogP contribution < -0.4 is 15.8 Å². The molecule has 0 spiro atoms. The van der Waals surface area contributed by atoms with Gasteiger partial charge in [0.2, 0.25) is 11.9 Å². The maximum Gasteiger partial charge on any atom is 0.302 e. The molecule has 2 atom stereocenters. The van der Waals surface area contributed by atoms with Crippen LogP contribution in [-0.4, -0.2) is 47.9 Å². The largest absolute Gasteiger partial charge is 0.494 e. The number of amides is 2. The highest BCUT2D eigenvalue weighted by molar-refractivity contribution is 6.17. The molecule has 2 amide bonds. The van der Waals surface area contributed by atoms with E-state index in [0.29, 0.717) is 30.6 Å². The van der Waals surface area contributed by atoms with Crippen molar-refractivity contribution in [2.45, 2.75) is 38.8 Å². The molecular formula is C18H22N4O5. The first-order valence-corrected chi connectivity index (χ1v) is 8.76. The van der Waals surface area contributed by atoms with Crippen molar-refractivity contribution in [1.29, 1.82) is 0 Å². The number of carbonyl (C=O) groups excluding carboxylic acids is 3. The van der Waals surface area contributed by atoms with Gasteiger partial charge in [0.25, 0.3) is 5.91 Å². The Hall–Kier alpha value is -3.10. The van der Waals surface area contributed by atoms with E-state index in [4.69, 9.17) is 15.2 Å². The monoisotopic (exact) mass is 374 g/mol. The summed E-state index contributed by atoms with van der Waals surface area (Å²) in [6.07, 6.45) is 1.47. The summed E-state index contributed by atoms with van der Waals surface area (Å²) in [7, 11) is 0. The van der Waals surface area contributed by atoms with Gasteiger partial charge in [0.1, 0.15) is 5.75 Å². The Kier molecular flexibility index (Phi) is 5.29. The number of nitrogens with one attached hydrogen (secondary N) is 1. The number of primary amides is 1. The van der Waals surface area contributed by atoms with E-state index in [9.17, 15) is 14.4 Å². The van der Waals surface area contributed by atoms with Crippen LogP contribution in [0.1, 0.15) is 38.3 Å². The highest BCUT2D eigenvalue weighted by Gasteiger charge is 2.45. The molecule has 3 rings (SSSR count). The Morgan fingerprint density at radius 1 is 1.30 bits per heavy atom. The summed E-state index contributed by atoms with van der Waals surface area (Å²) in [5.74, 6) is -0.467. The molecule has 2 heterocycles. The van der Waals surface area contributed by atoms with Crippen molar-refractivity contribution < 1.29 is 23.9 Å². The molecule has 1 aromatic rings. The van der Waals surface area contributed by atoms with Crippen LogP contribution in [0.2, 0.25) is 0 Å². The maximum absolute atomic E-state index is 12.0. The summed E-state index contributed by atoms with van der Waals surface area (Å²) in [6.45, 7) is 4.12. The number of aliphatic imine (C=N–C) groups is 1. The molecule has 2 unspecified atom stereocenters. The van der Waals surface area contributed by atoms with Gasteiger partial charge in [-0.2, -0.15) is 0 Å². The molecule has 2 aliphatic rings. The summed E-state index contributed by atoms with van der Waals surface area (Å²) in [5, 5.41) is 2.60. The second-order valence-electron chi connectivity index (χ2n) is 6.43. The van der Waals surface area contributed by atoms with Gasteiger partial charge < -0.3 is 20.1 Å². The van der Waals surface area contributed by atoms with E-state index < -0.39 is 17.9 Å². The Labute approximate surface area is 156 Å². The Bertz CT molecular complexity index is 807. The van der Waals surface area contributed by atoms with Gasteiger partial charge in [-0.05, 0) is 38.0 Å². The van der Waals surface area contributed by atoms with Crippen LogP contribution in [-0.2, 0) is 19.1 Å². The standard InChI is InChI=1S/C18H22N4O5/c1-10-13-9-12(27-8-4-3-7-26-11(2)23)5-6-14(13)20-18-21-17(25)15(16(19)24)22(10)18/h5-6,9-10,15H,3-4,7-8H2,1-2H3,(H2,19,24)(H,20,21,25). The van der Waals surface area contributed by atoms with Crippen LogP contribution in [0, 0.1) is 0 Å². The lowest BCUT2D eigenvalue weighted by molar-refractivity contribution is -0.141. The number of hydrogen-bond acceptors (Lipinski definition) is 7. The van der Waals surface area contributed by atoms with Crippen molar-refractivity contribution in [3.63, 3.8) is 0 Å². The molecule has 27 heavy (non-hydrogen) atoms. The van der Waals surface area contributed by atoms with E-state index in [1.165, 1.54) is 6.92 Å². The van der Waals surface area contributed by atoms with Crippen molar-refractivity contribution in [1.82, 2.24) is 10.2 Å². The van der Waals surface area contributed by atoms with Gasteiger partial charge in [-0.25, -0.2) is 4.99 Å². The third kappa shape index (κ3) is 3.86. The number of nitrogens with zero attached hydrogens (tertiary/aromatic N) is 2. The number of unbranched alkanes of at least 4 members (excludes halogenated alkanes) is 1. The minimum Gasteiger partial charge on any atom is -0.494 e. The van der Waals surface area contributed by atoms with E-state index in [1.54, 1.807) is 11.0 Å². The van der Waals surface area contributed by atoms with E-state index in [0.717, 1.165) is 18.4 Å². The zero-order chi connectivity index (χ0) is 19.6. The average molecular weight is 374 g/mol. The Morgan fingerprint density at radius 2 is 2.04 bits per heavy atom. The molecule has 9 heteroatoms. The molecule has 0 bridgehead atoms. The molecule has 3 N–H and O–H groups in total. The smallest absolute Gasteiger partial charge is 0.302 e. The SMILES string of the molecule is CC(=O)OCCCCOc1ccc2c(c1)C(C)N1C(=N2)NC(=O)C1C(N)=O. The zero-order valence-electron chi connectivity index (χ0n) is 15.2. The predicted octanol–water partition coefficient (Wildman–Crippen LogP) is 0.756. The molecular weight excluding hydrogens is 352 g/mol. The number of nitrogens with two attached hydrogens (primary N) is 1. The minimum atomic E-state index is -1.07. The lowest BCUT2D eigenvalue weighted by Gasteiger charge is -2.33. The number of fused-ring (bicyclic) bond motifs is 2. The number of esters is 1. The fourth-order valence-corrected chi connectivity index (χ4v) is 3.18. The third-order valence-electron chi connectivity index (χ3n) is 4.48. The highest BCUT2D eigenvalue weighted by Crippen LogP contribution is 2.39. The van der Waals surface area contributed by atoms with Crippen LogP contribution in [0.4, 0.5) is 5.69 Å². The van der Waals surface area contributed by atoms with Crippen LogP contribution in [0.25, 0.3) is 0 Å². The van der Waals surface area contributed by atoms with Gasteiger partial charge in [-0.3, -0.25) is 19.7 Å².